The maximum Gasteiger partial charge on any atom is 0.206 e. The number of rotatable bonds is 5. The zero-order valence-corrected chi connectivity index (χ0v) is 18.8. The second kappa shape index (κ2) is 8.08. The maximum atomic E-state index is 13.1. The van der Waals surface area contributed by atoms with Crippen LogP contribution in [0, 0.1) is 20.8 Å². The lowest BCUT2D eigenvalue weighted by molar-refractivity contribution is 0.415. The van der Waals surface area contributed by atoms with Crippen molar-refractivity contribution in [3.63, 3.8) is 0 Å². The maximum absolute atomic E-state index is 13.1. The molecule has 0 aliphatic heterocycles. The van der Waals surface area contributed by atoms with Gasteiger partial charge in [0.2, 0.25) is 9.84 Å². The van der Waals surface area contributed by atoms with Gasteiger partial charge in [0.15, 0.2) is 0 Å². The third kappa shape index (κ3) is 4.14. The summed E-state index contributed by atoms with van der Waals surface area (Å²) < 4.78 is 37.5. The van der Waals surface area contributed by atoms with E-state index in [9.17, 15) is 8.42 Å². The van der Waals surface area contributed by atoms with Gasteiger partial charge in [-0.3, -0.25) is 0 Å². The van der Waals surface area contributed by atoms with E-state index in [-0.39, 0.29) is 4.90 Å². The van der Waals surface area contributed by atoms with Gasteiger partial charge in [-0.1, -0.05) is 18.2 Å². The average Bonchev–Trinajstić information content (AvgIpc) is 2.76. The molecule has 0 amide bonds. The van der Waals surface area contributed by atoms with Crippen molar-refractivity contribution in [2.75, 3.05) is 7.11 Å². The fraction of sp³-hybridized carbons (Fsp3) is 0.154. The number of aryl methyl sites for hydroxylation is 3. The van der Waals surface area contributed by atoms with Crippen LogP contribution in [-0.2, 0) is 9.84 Å². The molecule has 0 bridgehead atoms. The van der Waals surface area contributed by atoms with E-state index < -0.39 is 9.84 Å². The van der Waals surface area contributed by atoms with E-state index in [1.165, 1.54) is 0 Å². The van der Waals surface area contributed by atoms with Crippen molar-refractivity contribution in [3.05, 3.63) is 89.5 Å². The first kappa shape index (κ1) is 20.9. The van der Waals surface area contributed by atoms with Crippen molar-refractivity contribution in [2.24, 2.45) is 0 Å². The molecule has 158 valence electrons. The molecule has 0 aliphatic carbocycles. The molecule has 4 aromatic carbocycles. The van der Waals surface area contributed by atoms with Gasteiger partial charge in [0.25, 0.3) is 0 Å². The molecule has 4 nitrogen and oxygen atoms in total. The van der Waals surface area contributed by atoms with Crippen molar-refractivity contribution in [1.82, 2.24) is 0 Å². The van der Waals surface area contributed by atoms with E-state index in [1.807, 2.05) is 63.2 Å². The summed E-state index contributed by atoms with van der Waals surface area (Å²) >= 11 is 0. The van der Waals surface area contributed by atoms with Crippen LogP contribution in [0.3, 0.4) is 0 Å². The quantitative estimate of drug-likeness (QED) is 0.366. The molecule has 4 rings (SSSR count). The third-order valence-corrected chi connectivity index (χ3v) is 7.24. The predicted octanol–water partition coefficient (Wildman–Crippen LogP) is 6.40. The van der Waals surface area contributed by atoms with Crippen LogP contribution in [0.4, 0.5) is 0 Å². The summed E-state index contributed by atoms with van der Waals surface area (Å²) in [6.07, 6.45) is 0. The monoisotopic (exact) mass is 432 g/mol. The number of hydrogen-bond acceptors (Lipinski definition) is 4. The zero-order chi connectivity index (χ0) is 22.2. The van der Waals surface area contributed by atoms with Gasteiger partial charge in [-0.15, -0.1) is 0 Å². The Morgan fingerprint density at radius 1 is 0.613 bits per heavy atom. The highest BCUT2D eigenvalue weighted by atomic mass is 32.2. The second-order valence-corrected chi connectivity index (χ2v) is 9.60. The lowest BCUT2D eigenvalue weighted by atomic mass is 10.1. The van der Waals surface area contributed by atoms with Gasteiger partial charge in [-0.25, -0.2) is 8.42 Å². The van der Waals surface area contributed by atoms with Crippen LogP contribution >= 0.6 is 0 Å². The molecule has 0 atom stereocenters. The SMILES string of the molecule is COc1ccc2ccc(Oc3ccc(S(=O)(=O)c4ccc(C)c(C)c4)cc3C)cc2c1. The zero-order valence-electron chi connectivity index (χ0n) is 18.0. The Bertz CT molecular complexity index is 1390. The van der Waals surface area contributed by atoms with E-state index in [2.05, 4.69) is 0 Å². The molecule has 0 N–H and O–H groups in total. The lowest BCUT2D eigenvalue weighted by Gasteiger charge is -2.12. The fourth-order valence-electron chi connectivity index (χ4n) is 3.44. The van der Waals surface area contributed by atoms with Crippen LogP contribution in [0.25, 0.3) is 10.8 Å². The molecule has 4 aromatic rings. The summed E-state index contributed by atoms with van der Waals surface area (Å²) in [5.74, 6) is 2.07. The van der Waals surface area contributed by atoms with Crippen LogP contribution in [0.15, 0.2) is 82.6 Å². The van der Waals surface area contributed by atoms with Crippen molar-refractivity contribution >= 4 is 20.6 Å². The Hall–Kier alpha value is -3.31. The molecule has 0 radical (unpaired) electrons. The van der Waals surface area contributed by atoms with Gasteiger partial charge < -0.3 is 9.47 Å². The summed E-state index contributed by atoms with van der Waals surface area (Å²) in [6.45, 7) is 5.72. The summed E-state index contributed by atoms with van der Waals surface area (Å²) in [5, 5.41) is 2.09. The Labute approximate surface area is 183 Å². The average molecular weight is 433 g/mol. The molecular formula is C26H24O4S. The molecule has 0 aliphatic rings. The fourth-order valence-corrected chi connectivity index (χ4v) is 4.87. The number of fused-ring (bicyclic) bond motifs is 1. The summed E-state index contributed by atoms with van der Waals surface area (Å²) in [7, 11) is -1.96. The highest BCUT2D eigenvalue weighted by Gasteiger charge is 2.19. The van der Waals surface area contributed by atoms with Crippen LogP contribution < -0.4 is 9.47 Å². The first-order chi connectivity index (χ1) is 14.8. The normalized spacial score (nSPS) is 11.5. The number of sulfone groups is 1. The van der Waals surface area contributed by atoms with E-state index in [0.717, 1.165) is 33.2 Å². The topological polar surface area (TPSA) is 52.6 Å². The summed E-state index contributed by atoms with van der Waals surface area (Å²) in [5.41, 5.74) is 2.76. The molecule has 0 saturated carbocycles. The van der Waals surface area contributed by atoms with Gasteiger partial charge in [-0.05, 0) is 103 Å². The van der Waals surface area contributed by atoms with Crippen molar-refractivity contribution < 1.29 is 17.9 Å². The molecule has 0 aromatic heterocycles. The van der Waals surface area contributed by atoms with Gasteiger partial charge in [0.05, 0.1) is 16.9 Å². The predicted molar refractivity (Wildman–Crippen MR) is 123 cm³/mol. The highest BCUT2D eigenvalue weighted by molar-refractivity contribution is 7.91. The summed E-state index contributed by atoms with van der Waals surface area (Å²) in [4.78, 5) is 0.552. The Morgan fingerprint density at radius 3 is 1.87 bits per heavy atom. The van der Waals surface area contributed by atoms with Crippen LogP contribution in [0.2, 0.25) is 0 Å². The van der Waals surface area contributed by atoms with Gasteiger partial charge in [0.1, 0.15) is 17.2 Å². The first-order valence-corrected chi connectivity index (χ1v) is 11.4. The van der Waals surface area contributed by atoms with Gasteiger partial charge >= 0.3 is 0 Å². The third-order valence-electron chi connectivity index (χ3n) is 5.49. The Kier molecular flexibility index (Phi) is 5.46. The van der Waals surface area contributed by atoms with Crippen LogP contribution in [0.1, 0.15) is 16.7 Å². The van der Waals surface area contributed by atoms with Crippen molar-refractivity contribution in [2.45, 2.75) is 30.6 Å². The minimum atomic E-state index is -3.60. The van der Waals surface area contributed by atoms with Crippen LogP contribution in [0.5, 0.6) is 17.2 Å². The number of benzene rings is 4. The number of ether oxygens (including phenoxy) is 2. The molecule has 0 spiro atoms. The molecule has 5 heteroatoms. The first-order valence-electron chi connectivity index (χ1n) is 9.96. The minimum absolute atomic E-state index is 0.254. The molecule has 31 heavy (non-hydrogen) atoms. The highest BCUT2D eigenvalue weighted by Crippen LogP contribution is 2.32. The van der Waals surface area contributed by atoms with Gasteiger partial charge in [-0.2, -0.15) is 0 Å². The smallest absolute Gasteiger partial charge is 0.206 e. The molecule has 0 fully saturated rings. The number of hydrogen-bond donors (Lipinski definition) is 0. The van der Waals surface area contributed by atoms with Crippen LogP contribution in [-0.4, -0.2) is 15.5 Å². The van der Waals surface area contributed by atoms with E-state index in [4.69, 9.17) is 9.47 Å². The Balaban J connectivity index is 1.64. The van der Waals surface area contributed by atoms with E-state index in [1.54, 1.807) is 37.4 Å². The van der Waals surface area contributed by atoms with Crippen molar-refractivity contribution in [3.8, 4) is 17.2 Å². The second-order valence-electron chi connectivity index (χ2n) is 7.65. The van der Waals surface area contributed by atoms with Crippen molar-refractivity contribution in [1.29, 1.82) is 0 Å². The number of methoxy groups -OCH3 is 1. The molecule has 0 unspecified atom stereocenters. The lowest BCUT2D eigenvalue weighted by Crippen LogP contribution is -2.03. The largest absolute Gasteiger partial charge is 0.497 e. The minimum Gasteiger partial charge on any atom is -0.497 e. The van der Waals surface area contributed by atoms with E-state index >= 15 is 0 Å². The standard InChI is InChI=1S/C26H24O4S/c1-17-5-10-24(13-18(17)2)31(27,28)25-11-12-26(19(3)14-25)30-23-9-7-20-6-8-22(29-4)15-21(20)16-23/h5-16H,1-4H3. The van der Waals surface area contributed by atoms with Gasteiger partial charge in [0, 0.05) is 0 Å². The van der Waals surface area contributed by atoms with E-state index in [0.29, 0.717) is 16.4 Å². The Morgan fingerprint density at radius 2 is 1.23 bits per heavy atom. The summed E-state index contributed by atoms with van der Waals surface area (Å²) in [6, 6.07) is 21.9. The molecule has 0 heterocycles. The molecule has 0 saturated heterocycles. The molecular weight excluding hydrogens is 408 g/mol.